The van der Waals surface area contributed by atoms with Gasteiger partial charge in [0.05, 0.1) is 6.61 Å². The second-order valence-electron chi connectivity index (χ2n) is 5.09. The van der Waals surface area contributed by atoms with E-state index in [0.29, 0.717) is 6.61 Å². The van der Waals surface area contributed by atoms with Crippen LogP contribution in [0.25, 0.3) is 0 Å². The minimum absolute atomic E-state index is 0.697. The summed E-state index contributed by atoms with van der Waals surface area (Å²) < 4.78 is 9.43. The Morgan fingerprint density at radius 3 is 2.71 bits per heavy atom. The molecule has 2 rings (SSSR count). The molecule has 17 heavy (non-hydrogen) atoms. The van der Waals surface area contributed by atoms with E-state index in [9.17, 15) is 0 Å². The summed E-state index contributed by atoms with van der Waals surface area (Å²) in [6.45, 7) is 7.56. The Labute approximate surface area is 107 Å². The lowest BCUT2D eigenvalue weighted by Gasteiger charge is -2.34. The molecule has 1 aliphatic heterocycles. The Kier molecular flexibility index (Phi) is 4.34. The maximum absolute atomic E-state index is 5.05. The highest BCUT2D eigenvalue weighted by atomic mass is 32.1. The number of nitrogens with zero attached hydrogens (tertiary/aromatic N) is 3. The predicted molar refractivity (Wildman–Crippen MR) is 70.6 cm³/mol. The average molecular weight is 255 g/mol. The van der Waals surface area contributed by atoms with Crippen LogP contribution in [-0.4, -0.2) is 36.2 Å². The monoisotopic (exact) mass is 255 g/mol. The lowest BCUT2D eigenvalue weighted by molar-refractivity contribution is 0.201. The first-order chi connectivity index (χ1) is 8.19. The second-order valence-corrected chi connectivity index (χ2v) is 5.82. The highest BCUT2D eigenvalue weighted by Gasteiger charge is 2.24. The number of hydrogen-bond donors (Lipinski definition) is 0. The molecule has 0 radical (unpaired) electrons. The van der Waals surface area contributed by atoms with Crippen LogP contribution in [0.2, 0.25) is 0 Å². The van der Waals surface area contributed by atoms with Crippen molar-refractivity contribution in [3.05, 3.63) is 5.82 Å². The van der Waals surface area contributed by atoms with Gasteiger partial charge in [-0.3, -0.25) is 0 Å². The fourth-order valence-corrected chi connectivity index (χ4v) is 3.22. The van der Waals surface area contributed by atoms with Gasteiger partial charge in [0.1, 0.15) is 5.82 Å². The first kappa shape index (κ1) is 12.8. The molecule has 96 valence electrons. The smallest absolute Gasteiger partial charge is 0.205 e. The third-order valence-electron chi connectivity index (χ3n) is 3.13. The number of aromatic nitrogens is 2. The van der Waals surface area contributed by atoms with Crippen molar-refractivity contribution in [3.63, 3.8) is 0 Å². The molecule has 0 spiro atoms. The van der Waals surface area contributed by atoms with Crippen molar-refractivity contribution >= 4 is 16.7 Å². The highest BCUT2D eigenvalue weighted by Crippen LogP contribution is 2.27. The van der Waals surface area contributed by atoms with Crippen molar-refractivity contribution in [2.24, 2.45) is 11.8 Å². The zero-order valence-electron chi connectivity index (χ0n) is 10.8. The fraction of sp³-hybridized carbons (Fsp3) is 0.833. The quantitative estimate of drug-likeness (QED) is 0.827. The third-order valence-corrected chi connectivity index (χ3v) is 3.94. The zero-order chi connectivity index (χ0) is 12.3. The van der Waals surface area contributed by atoms with Crippen LogP contribution >= 0.6 is 11.5 Å². The Hall–Kier alpha value is -0.680. The SMILES string of the molecule is COCCc1nsc(N2CC(C)CC(C)C2)n1. The van der Waals surface area contributed by atoms with Gasteiger partial charge in [-0.1, -0.05) is 13.8 Å². The van der Waals surface area contributed by atoms with Crippen LogP contribution in [0, 0.1) is 11.8 Å². The van der Waals surface area contributed by atoms with Crippen molar-refractivity contribution < 1.29 is 4.74 Å². The molecule has 1 fully saturated rings. The van der Waals surface area contributed by atoms with E-state index in [4.69, 9.17) is 4.74 Å². The van der Waals surface area contributed by atoms with Crippen molar-refractivity contribution in [2.75, 3.05) is 31.7 Å². The summed E-state index contributed by atoms with van der Waals surface area (Å²) >= 11 is 1.52. The Morgan fingerprint density at radius 1 is 1.35 bits per heavy atom. The minimum atomic E-state index is 0.697. The van der Waals surface area contributed by atoms with Gasteiger partial charge in [-0.2, -0.15) is 4.37 Å². The van der Waals surface area contributed by atoms with Crippen molar-refractivity contribution in [2.45, 2.75) is 26.7 Å². The maximum Gasteiger partial charge on any atom is 0.205 e. The Balaban J connectivity index is 1.98. The van der Waals surface area contributed by atoms with E-state index in [1.165, 1.54) is 18.0 Å². The predicted octanol–water partition coefficient (Wildman–Crippen LogP) is 2.21. The Morgan fingerprint density at radius 2 is 2.06 bits per heavy atom. The van der Waals surface area contributed by atoms with E-state index in [2.05, 4.69) is 28.1 Å². The molecular weight excluding hydrogens is 234 g/mol. The fourth-order valence-electron chi connectivity index (χ4n) is 2.49. The van der Waals surface area contributed by atoms with E-state index in [1.807, 2.05) is 0 Å². The van der Waals surface area contributed by atoms with Crippen molar-refractivity contribution in [1.82, 2.24) is 9.36 Å². The minimum Gasteiger partial charge on any atom is -0.384 e. The number of piperidine rings is 1. The molecule has 0 saturated carbocycles. The first-order valence-corrected chi connectivity index (χ1v) is 7.03. The summed E-state index contributed by atoms with van der Waals surface area (Å²) in [5.74, 6) is 2.42. The van der Waals surface area contributed by atoms with Gasteiger partial charge >= 0.3 is 0 Å². The molecule has 5 heteroatoms. The molecule has 2 atom stereocenters. The molecule has 1 aliphatic rings. The van der Waals surface area contributed by atoms with Crippen molar-refractivity contribution in [3.8, 4) is 0 Å². The Bertz CT molecular complexity index is 345. The van der Waals surface area contributed by atoms with E-state index >= 15 is 0 Å². The molecule has 4 nitrogen and oxygen atoms in total. The molecular formula is C12H21N3OS. The van der Waals surface area contributed by atoms with Crippen LogP contribution in [-0.2, 0) is 11.2 Å². The van der Waals surface area contributed by atoms with E-state index < -0.39 is 0 Å². The number of methoxy groups -OCH3 is 1. The zero-order valence-corrected chi connectivity index (χ0v) is 11.7. The molecule has 2 heterocycles. The molecule has 1 aromatic rings. The molecule has 1 aromatic heterocycles. The van der Waals surface area contributed by atoms with Gasteiger partial charge in [0.2, 0.25) is 5.13 Å². The van der Waals surface area contributed by atoms with Gasteiger partial charge in [0, 0.05) is 38.2 Å². The topological polar surface area (TPSA) is 38.2 Å². The summed E-state index contributed by atoms with van der Waals surface area (Å²) in [7, 11) is 1.71. The lowest BCUT2D eigenvalue weighted by Crippen LogP contribution is -2.38. The van der Waals surface area contributed by atoms with Gasteiger partial charge in [-0.05, 0) is 18.3 Å². The van der Waals surface area contributed by atoms with Crippen LogP contribution in [0.4, 0.5) is 5.13 Å². The van der Waals surface area contributed by atoms with Crippen LogP contribution in [0.1, 0.15) is 26.1 Å². The van der Waals surface area contributed by atoms with Crippen molar-refractivity contribution in [1.29, 1.82) is 0 Å². The average Bonchev–Trinajstić information content (AvgIpc) is 2.73. The number of anilines is 1. The van der Waals surface area contributed by atoms with Crippen LogP contribution in [0.3, 0.4) is 0 Å². The molecule has 0 amide bonds. The van der Waals surface area contributed by atoms with Gasteiger partial charge < -0.3 is 9.64 Å². The number of ether oxygens (including phenoxy) is 1. The van der Waals surface area contributed by atoms with Gasteiger partial charge in [-0.25, -0.2) is 4.98 Å². The lowest BCUT2D eigenvalue weighted by atomic mass is 9.92. The largest absolute Gasteiger partial charge is 0.384 e. The van der Waals surface area contributed by atoms with E-state index in [1.54, 1.807) is 7.11 Å². The summed E-state index contributed by atoms with van der Waals surface area (Å²) in [5, 5.41) is 1.08. The standard InChI is InChI=1S/C12H21N3OS/c1-9-6-10(2)8-15(7-9)12-13-11(14-17-12)4-5-16-3/h9-10H,4-8H2,1-3H3. The van der Waals surface area contributed by atoms with Gasteiger partial charge in [0.15, 0.2) is 0 Å². The van der Waals surface area contributed by atoms with Gasteiger partial charge in [0.25, 0.3) is 0 Å². The molecule has 0 aliphatic carbocycles. The molecule has 1 saturated heterocycles. The molecule has 2 unspecified atom stereocenters. The first-order valence-electron chi connectivity index (χ1n) is 6.25. The number of rotatable bonds is 4. The maximum atomic E-state index is 5.05. The molecule has 0 bridgehead atoms. The number of hydrogen-bond acceptors (Lipinski definition) is 5. The summed E-state index contributed by atoms with van der Waals surface area (Å²) in [4.78, 5) is 6.98. The highest BCUT2D eigenvalue weighted by molar-refractivity contribution is 7.09. The summed E-state index contributed by atoms with van der Waals surface area (Å²) in [6, 6.07) is 0. The third kappa shape index (κ3) is 3.39. The van der Waals surface area contributed by atoms with Crippen LogP contribution in [0.5, 0.6) is 0 Å². The normalized spacial score (nSPS) is 25.2. The van der Waals surface area contributed by atoms with E-state index in [0.717, 1.165) is 42.3 Å². The summed E-state index contributed by atoms with van der Waals surface area (Å²) in [5.41, 5.74) is 0. The van der Waals surface area contributed by atoms with Gasteiger partial charge in [-0.15, -0.1) is 0 Å². The molecule has 0 aromatic carbocycles. The van der Waals surface area contributed by atoms with Crippen LogP contribution in [0.15, 0.2) is 0 Å². The van der Waals surface area contributed by atoms with E-state index in [-0.39, 0.29) is 0 Å². The second kappa shape index (κ2) is 5.78. The molecule has 0 N–H and O–H groups in total. The van der Waals surface area contributed by atoms with Crippen LogP contribution < -0.4 is 4.90 Å². The summed E-state index contributed by atoms with van der Waals surface area (Å²) in [6.07, 6.45) is 2.14.